The summed E-state index contributed by atoms with van der Waals surface area (Å²) in [5.41, 5.74) is 5.66. The summed E-state index contributed by atoms with van der Waals surface area (Å²) in [7, 11) is 0. The fourth-order valence-corrected chi connectivity index (χ4v) is 1.49. The minimum atomic E-state index is -0.522. The van der Waals surface area contributed by atoms with Crippen molar-refractivity contribution in [1.82, 2.24) is 15.3 Å². The molecule has 0 saturated carbocycles. The van der Waals surface area contributed by atoms with Gasteiger partial charge in [0.2, 0.25) is 5.91 Å². The summed E-state index contributed by atoms with van der Waals surface area (Å²) < 4.78 is 0. The van der Waals surface area contributed by atoms with Crippen LogP contribution < -0.4 is 11.1 Å². The molecule has 17 heavy (non-hydrogen) atoms. The van der Waals surface area contributed by atoms with Crippen LogP contribution in [0.15, 0.2) is 12.4 Å². The number of carbonyl (C=O) groups excluding carboxylic acids is 1. The lowest BCUT2D eigenvalue weighted by Crippen LogP contribution is -2.49. The van der Waals surface area contributed by atoms with E-state index in [2.05, 4.69) is 15.3 Å². The van der Waals surface area contributed by atoms with E-state index in [4.69, 9.17) is 5.73 Å². The van der Waals surface area contributed by atoms with Crippen molar-refractivity contribution in [3.63, 3.8) is 0 Å². The normalized spacial score (nSPS) is 15.4. The van der Waals surface area contributed by atoms with Crippen molar-refractivity contribution in [3.05, 3.63) is 18.2 Å². The lowest BCUT2D eigenvalue weighted by atomic mass is 9.87. The van der Waals surface area contributed by atoms with Gasteiger partial charge in [-0.15, -0.1) is 0 Å². The zero-order chi connectivity index (χ0) is 13.1. The molecule has 96 valence electrons. The average molecular weight is 238 g/mol. The third kappa shape index (κ3) is 3.56. The number of nitrogens with two attached hydrogens (primary N) is 1. The summed E-state index contributed by atoms with van der Waals surface area (Å²) in [5.74, 6) is 0.628. The highest BCUT2D eigenvalue weighted by atomic mass is 16.2. The maximum Gasteiger partial charge on any atom is 0.238 e. The molecule has 0 saturated heterocycles. The molecule has 4 N–H and O–H groups in total. The van der Waals surface area contributed by atoms with Gasteiger partial charge in [0.25, 0.3) is 0 Å². The molecular weight excluding hydrogens is 216 g/mol. The molecular formula is C12H22N4O. The third-order valence-electron chi connectivity index (χ3n) is 2.79. The van der Waals surface area contributed by atoms with E-state index < -0.39 is 6.04 Å². The fourth-order valence-electron chi connectivity index (χ4n) is 1.49. The minimum Gasteiger partial charge on any atom is -0.347 e. The van der Waals surface area contributed by atoms with Crippen LogP contribution in [0.3, 0.4) is 0 Å². The Balaban J connectivity index is 2.67. The van der Waals surface area contributed by atoms with Crippen molar-refractivity contribution in [3.8, 4) is 0 Å². The predicted molar refractivity (Wildman–Crippen MR) is 67.2 cm³/mol. The van der Waals surface area contributed by atoms with Crippen LogP contribution in [0, 0.1) is 5.41 Å². The second-order valence-electron chi connectivity index (χ2n) is 5.29. The van der Waals surface area contributed by atoms with Crippen molar-refractivity contribution in [2.75, 3.05) is 0 Å². The maximum absolute atomic E-state index is 12.0. The van der Waals surface area contributed by atoms with Crippen LogP contribution >= 0.6 is 0 Å². The Kier molecular flexibility index (Phi) is 4.28. The Morgan fingerprint density at radius 1 is 1.59 bits per heavy atom. The monoisotopic (exact) mass is 238 g/mol. The van der Waals surface area contributed by atoms with Crippen LogP contribution in [-0.4, -0.2) is 21.9 Å². The molecule has 1 amide bonds. The molecule has 0 aliphatic heterocycles. The van der Waals surface area contributed by atoms with Gasteiger partial charge in [0.15, 0.2) is 0 Å². The molecule has 5 heteroatoms. The van der Waals surface area contributed by atoms with E-state index in [1.165, 1.54) is 0 Å². The smallest absolute Gasteiger partial charge is 0.238 e. The van der Waals surface area contributed by atoms with E-state index in [1.807, 2.05) is 27.7 Å². The SMILES string of the molecule is CCC(NC(=O)[C@@H](N)C(C)(C)C)c1ncc[nH]1. The first-order valence-electron chi connectivity index (χ1n) is 5.91. The van der Waals surface area contributed by atoms with Crippen molar-refractivity contribution < 1.29 is 4.79 Å². The Labute approximate surface area is 102 Å². The molecule has 1 heterocycles. The summed E-state index contributed by atoms with van der Waals surface area (Å²) in [6.45, 7) is 7.84. The topological polar surface area (TPSA) is 83.8 Å². The molecule has 0 bridgehead atoms. The highest BCUT2D eigenvalue weighted by molar-refractivity contribution is 5.82. The highest BCUT2D eigenvalue weighted by Gasteiger charge is 2.29. The predicted octanol–water partition coefficient (Wildman–Crippen LogP) is 1.35. The molecule has 5 nitrogen and oxygen atoms in total. The molecule has 0 aliphatic carbocycles. The number of hydrogen-bond donors (Lipinski definition) is 3. The maximum atomic E-state index is 12.0. The minimum absolute atomic E-state index is 0.106. The molecule has 0 fully saturated rings. The number of H-pyrrole nitrogens is 1. The van der Waals surface area contributed by atoms with Gasteiger partial charge in [-0.05, 0) is 11.8 Å². The van der Waals surface area contributed by atoms with E-state index in [0.29, 0.717) is 0 Å². The fraction of sp³-hybridized carbons (Fsp3) is 0.667. The zero-order valence-electron chi connectivity index (χ0n) is 10.9. The van der Waals surface area contributed by atoms with Crippen LogP contribution in [0.25, 0.3) is 0 Å². The molecule has 1 unspecified atom stereocenters. The summed E-state index contributed by atoms with van der Waals surface area (Å²) in [4.78, 5) is 19.1. The summed E-state index contributed by atoms with van der Waals surface area (Å²) >= 11 is 0. The first-order chi connectivity index (χ1) is 7.86. The number of aromatic nitrogens is 2. The first-order valence-corrected chi connectivity index (χ1v) is 5.91. The van der Waals surface area contributed by atoms with Gasteiger partial charge in [0.1, 0.15) is 5.82 Å². The van der Waals surface area contributed by atoms with E-state index in [1.54, 1.807) is 12.4 Å². The van der Waals surface area contributed by atoms with Gasteiger partial charge in [-0.25, -0.2) is 4.98 Å². The molecule has 0 spiro atoms. The van der Waals surface area contributed by atoms with Crippen LogP contribution in [0.1, 0.15) is 46.0 Å². The molecule has 2 atom stereocenters. The Bertz CT molecular complexity index is 353. The molecule has 0 aliphatic rings. The summed E-state index contributed by atoms with van der Waals surface area (Å²) in [6.07, 6.45) is 4.19. The highest BCUT2D eigenvalue weighted by Crippen LogP contribution is 2.19. The van der Waals surface area contributed by atoms with E-state index >= 15 is 0 Å². The molecule has 0 radical (unpaired) electrons. The lowest BCUT2D eigenvalue weighted by Gasteiger charge is -2.27. The molecule has 0 aromatic carbocycles. The first kappa shape index (κ1) is 13.7. The lowest BCUT2D eigenvalue weighted by molar-refractivity contribution is -0.125. The number of carbonyl (C=O) groups is 1. The van der Waals surface area contributed by atoms with Gasteiger partial charge in [0.05, 0.1) is 12.1 Å². The van der Waals surface area contributed by atoms with E-state index in [-0.39, 0.29) is 17.4 Å². The van der Waals surface area contributed by atoms with Gasteiger partial charge in [-0.2, -0.15) is 0 Å². The third-order valence-corrected chi connectivity index (χ3v) is 2.79. The number of rotatable bonds is 4. The van der Waals surface area contributed by atoms with Gasteiger partial charge >= 0.3 is 0 Å². The van der Waals surface area contributed by atoms with Gasteiger partial charge in [0, 0.05) is 12.4 Å². The molecule has 1 aromatic rings. The van der Waals surface area contributed by atoms with Crippen LogP contribution in [0.4, 0.5) is 0 Å². The second-order valence-corrected chi connectivity index (χ2v) is 5.29. The second kappa shape index (κ2) is 5.31. The van der Waals surface area contributed by atoms with Gasteiger partial charge < -0.3 is 16.0 Å². The number of nitrogens with zero attached hydrogens (tertiary/aromatic N) is 1. The Morgan fingerprint density at radius 3 is 2.65 bits per heavy atom. The number of aromatic amines is 1. The zero-order valence-corrected chi connectivity index (χ0v) is 10.9. The van der Waals surface area contributed by atoms with Crippen LogP contribution in [0.5, 0.6) is 0 Å². The molecule has 1 aromatic heterocycles. The number of amides is 1. The van der Waals surface area contributed by atoms with Crippen molar-refractivity contribution >= 4 is 5.91 Å². The van der Waals surface area contributed by atoms with Crippen LogP contribution in [0.2, 0.25) is 0 Å². The Morgan fingerprint density at radius 2 is 2.24 bits per heavy atom. The van der Waals surface area contributed by atoms with E-state index in [9.17, 15) is 4.79 Å². The van der Waals surface area contributed by atoms with Crippen molar-refractivity contribution in [1.29, 1.82) is 0 Å². The average Bonchev–Trinajstić information content (AvgIpc) is 2.76. The van der Waals surface area contributed by atoms with Crippen LogP contribution in [-0.2, 0) is 4.79 Å². The number of imidazole rings is 1. The van der Waals surface area contributed by atoms with Crippen molar-refractivity contribution in [2.24, 2.45) is 11.1 Å². The molecule has 1 rings (SSSR count). The number of hydrogen-bond acceptors (Lipinski definition) is 3. The van der Waals surface area contributed by atoms with Crippen molar-refractivity contribution in [2.45, 2.75) is 46.2 Å². The van der Waals surface area contributed by atoms with Gasteiger partial charge in [-0.3, -0.25) is 4.79 Å². The largest absolute Gasteiger partial charge is 0.347 e. The summed E-state index contributed by atoms with van der Waals surface area (Å²) in [6, 6.07) is -0.627. The number of nitrogens with one attached hydrogen (secondary N) is 2. The van der Waals surface area contributed by atoms with Gasteiger partial charge in [-0.1, -0.05) is 27.7 Å². The standard InChI is InChI=1S/C12H22N4O/c1-5-8(10-14-6-7-15-10)16-11(17)9(13)12(2,3)4/h6-9H,5,13H2,1-4H3,(H,14,15)(H,16,17)/t8?,9-/m1/s1. The quantitative estimate of drug-likeness (QED) is 0.740. The summed E-state index contributed by atoms with van der Waals surface area (Å²) in [5, 5.41) is 2.92. The Hall–Kier alpha value is -1.36. The van der Waals surface area contributed by atoms with E-state index in [0.717, 1.165) is 12.2 Å².